The summed E-state index contributed by atoms with van der Waals surface area (Å²) < 4.78 is 47.0. The highest BCUT2D eigenvalue weighted by molar-refractivity contribution is 7.99. The average Bonchev–Trinajstić information content (AvgIpc) is 3.13. The van der Waals surface area contributed by atoms with Gasteiger partial charge in [0.05, 0.1) is 30.8 Å². The van der Waals surface area contributed by atoms with E-state index >= 15 is 0 Å². The van der Waals surface area contributed by atoms with Gasteiger partial charge in [-0.15, -0.1) is 11.8 Å². The van der Waals surface area contributed by atoms with Gasteiger partial charge in [-0.3, -0.25) is 0 Å². The zero-order valence-electron chi connectivity index (χ0n) is 26.0. The lowest BCUT2D eigenvalue weighted by Crippen LogP contribution is -2.31. The van der Waals surface area contributed by atoms with Crippen LogP contribution in [-0.2, 0) is 32.6 Å². The van der Waals surface area contributed by atoms with Crippen LogP contribution in [0.4, 0.5) is 0 Å². The van der Waals surface area contributed by atoms with Crippen molar-refractivity contribution in [1.82, 2.24) is 4.72 Å². The molecule has 0 bridgehead atoms. The third-order valence-corrected chi connectivity index (χ3v) is 10.7. The summed E-state index contributed by atoms with van der Waals surface area (Å²) in [6.45, 7) is 0.157. The maximum absolute atomic E-state index is 12.8. The summed E-state index contributed by atoms with van der Waals surface area (Å²) in [4.78, 5) is 1.29. The molecule has 1 fully saturated rings. The molecule has 3 atom stereocenters. The molecule has 0 spiro atoms. The number of para-hydroxylation sites is 1. The number of hydrogen-bond donors (Lipinski definition) is 2. The quantitative estimate of drug-likeness (QED) is 0.132. The molecule has 7 nitrogen and oxygen atoms in total. The molecule has 0 aliphatic carbocycles. The molecule has 1 saturated heterocycles. The van der Waals surface area contributed by atoms with Crippen LogP contribution in [0.15, 0.2) is 137 Å². The third-order valence-electron chi connectivity index (χ3n) is 8.05. The third kappa shape index (κ3) is 8.31. The highest BCUT2D eigenvalue weighted by Crippen LogP contribution is 2.41. The highest BCUT2D eigenvalue weighted by atomic mass is 32.2. The van der Waals surface area contributed by atoms with Crippen molar-refractivity contribution in [3.05, 3.63) is 150 Å². The summed E-state index contributed by atoms with van der Waals surface area (Å²) in [7, 11) is -1.95. The topological polar surface area (TPSA) is 94.1 Å². The number of rotatable bonds is 12. The maximum Gasteiger partial charge on any atom is 0.240 e. The molecular weight excluding hydrogens is 631 g/mol. The van der Waals surface area contributed by atoms with Crippen LogP contribution in [0.2, 0.25) is 0 Å². The number of methoxy groups -OCH3 is 1. The molecule has 0 radical (unpaired) electrons. The van der Waals surface area contributed by atoms with Gasteiger partial charge >= 0.3 is 0 Å². The first-order valence-electron chi connectivity index (χ1n) is 15.4. The second kappa shape index (κ2) is 15.3. The van der Waals surface area contributed by atoms with Gasteiger partial charge in [0.2, 0.25) is 10.0 Å². The number of aliphatic hydroxyl groups is 1. The van der Waals surface area contributed by atoms with Crippen LogP contribution in [0, 0.1) is 0 Å². The molecule has 6 rings (SSSR count). The van der Waals surface area contributed by atoms with Crippen molar-refractivity contribution < 1.29 is 27.7 Å². The predicted molar refractivity (Wildman–Crippen MR) is 184 cm³/mol. The molecule has 47 heavy (non-hydrogen) atoms. The van der Waals surface area contributed by atoms with Gasteiger partial charge < -0.3 is 19.3 Å². The van der Waals surface area contributed by atoms with Gasteiger partial charge in [0.25, 0.3) is 0 Å². The molecule has 1 aliphatic heterocycles. The Kier molecular flexibility index (Phi) is 10.7. The second-order valence-corrected chi connectivity index (χ2v) is 14.1. The van der Waals surface area contributed by atoms with Gasteiger partial charge in [-0.05, 0) is 64.2 Å². The number of ether oxygens (including phenoxy) is 3. The summed E-state index contributed by atoms with van der Waals surface area (Å²) in [5, 5.41) is 9.55. The van der Waals surface area contributed by atoms with E-state index in [1.807, 2.05) is 84.9 Å². The van der Waals surface area contributed by atoms with Crippen LogP contribution in [0.1, 0.15) is 41.1 Å². The van der Waals surface area contributed by atoms with Gasteiger partial charge in [0.15, 0.2) is 6.29 Å². The first-order valence-corrected chi connectivity index (χ1v) is 17.9. The summed E-state index contributed by atoms with van der Waals surface area (Å²) >= 11 is 1.70. The van der Waals surface area contributed by atoms with Crippen molar-refractivity contribution in [1.29, 1.82) is 0 Å². The minimum Gasteiger partial charge on any atom is -0.496 e. The SMILES string of the molecule is COc1ccccc1SC[C@@H]1C[C@H](c2ccc(CO)cc2)O[C@H](c2cccc(-c3cccc(CNS(=O)(=O)c4ccccc4)c3)c2)O1. The van der Waals surface area contributed by atoms with E-state index in [1.165, 1.54) is 0 Å². The summed E-state index contributed by atoms with van der Waals surface area (Å²) in [6.07, 6.45) is -0.224. The standard InChI is InChI=1S/C38H37NO6S2/c1-43-35-15-5-6-16-37(35)46-26-33-23-36(29-19-17-27(25-40)18-20-29)45-38(44-33)32-12-8-11-31(22-32)30-10-7-9-28(21-30)24-39-47(41,42)34-13-3-2-4-14-34/h2-22,33,36,38-40H,23-26H2,1H3/t33-,36+,38+/m0/s1. The molecule has 2 N–H and O–H groups in total. The Morgan fingerprint density at radius 2 is 1.51 bits per heavy atom. The Morgan fingerprint density at radius 3 is 2.28 bits per heavy atom. The molecule has 5 aromatic rings. The smallest absolute Gasteiger partial charge is 0.240 e. The maximum atomic E-state index is 12.8. The van der Waals surface area contributed by atoms with E-state index in [2.05, 4.69) is 16.9 Å². The normalized spacial score (nSPS) is 18.1. The van der Waals surface area contributed by atoms with Crippen molar-refractivity contribution in [2.75, 3.05) is 12.9 Å². The Labute approximate surface area is 280 Å². The van der Waals surface area contributed by atoms with Crippen LogP contribution in [0.25, 0.3) is 11.1 Å². The second-order valence-electron chi connectivity index (χ2n) is 11.3. The fraction of sp³-hybridized carbons (Fsp3) is 0.211. The molecule has 1 heterocycles. The van der Waals surface area contributed by atoms with Crippen molar-refractivity contribution in [3.63, 3.8) is 0 Å². The molecule has 0 saturated carbocycles. The number of sulfonamides is 1. The predicted octanol–water partition coefficient (Wildman–Crippen LogP) is 7.67. The fourth-order valence-electron chi connectivity index (χ4n) is 5.53. The lowest BCUT2D eigenvalue weighted by atomic mass is 9.99. The Bertz CT molecular complexity index is 1880. The monoisotopic (exact) mass is 667 g/mol. The molecule has 9 heteroatoms. The lowest BCUT2D eigenvalue weighted by Gasteiger charge is -2.36. The van der Waals surface area contributed by atoms with E-state index in [9.17, 15) is 13.5 Å². The van der Waals surface area contributed by atoms with E-state index in [1.54, 1.807) is 49.2 Å². The number of nitrogens with one attached hydrogen (secondary N) is 1. The first kappa shape index (κ1) is 33.0. The number of benzene rings is 5. The molecular formula is C38H37NO6S2. The van der Waals surface area contributed by atoms with Crippen LogP contribution in [0.5, 0.6) is 5.75 Å². The van der Waals surface area contributed by atoms with Crippen LogP contribution >= 0.6 is 11.8 Å². The lowest BCUT2D eigenvalue weighted by molar-refractivity contribution is -0.245. The van der Waals surface area contributed by atoms with Gasteiger partial charge in [-0.25, -0.2) is 13.1 Å². The zero-order chi connectivity index (χ0) is 32.6. The highest BCUT2D eigenvalue weighted by Gasteiger charge is 2.32. The largest absolute Gasteiger partial charge is 0.496 e. The Balaban J connectivity index is 1.21. The molecule has 5 aromatic carbocycles. The average molecular weight is 668 g/mol. The number of aliphatic hydroxyl groups excluding tert-OH is 1. The van der Waals surface area contributed by atoms with E-state index in [0.717, 1.165) is 44.0 Å². The van der Waals surface area contributed by atoms with Crippen molar-refractivity contribution in [2.45, 2.75) is 47.9 Å². The summed E-state index contributed by atoms with van der Waals surface area (Å²) in [5.41, 5.74) is 5.54. The van der Waals surface area contributed by atoms with Crippen LogP contribution < -0.4 is 9.46 Å². The van der Waals surface area contributed by atoms with Gasteiger partial charge in [0, 0.05) is 29.2 Å². The van der Waals surface area contributed by atoms with E-state index in [-0.39, 0.29) is 30.3 Å². The first-order chi connectivity index (χ1) is 22.9. The molecule has 1 aliphatic rings. The zero-order valence-corrected chi connectivity index (χ0v) is 27.6. The minimum atomic E-state index is -3.63. The Morgan fingerprint density at radius 1 is 0.787 bits per heavy atom. The van der Waals surface area contributed by atoms with Crippen molar-refractivity contribution in [3.8, 4) is 16.9 Å². The molecule has 0 unspecified atom stereocenters. The van der Waals surface area contributed by atoms with E-state index in [0.29, 0.717) is 12.2 Å². The molecule has 242 valence electrons. The van der Waals surface area contributed by atoms with E-state index < -0.39 is 16.3 Å². The number of thioether (sulfide) groups is 1. The fourth-order valence-corrected chi connectivity index (χ4v) is 7.62. The molecule has 0 aromatic heterocycles. The Hall–Kier alpha value is -3.96. The van der Waals surface area contributed by atoms with Gasteiger partial charge in [-0.1, -0.05) is 91.0 Å². The minimum absolute atomic E-state index is 0.0113. The van der Waals surface area contributed by atoms with Crippen LogP contribution in [-0.4, -0.2) is 32.5 Å². The number of hydrogen-bond acceptors (Lipinski definition) is 7. The molecule has 0 amide bonds. The van der Waals surface area contributed by atoms with Gasteiger partial charge in [0.1, 0.15) is 5.75 Å². The van der Waals surface area contributed by atoms with Crippen LogP contribution in [0.3, 0.4) is 0 Å². The summed E-state index contributed by atoms with van der Waals surface area (Å²) in [5.74, 6) is 1.55. The van der Waals surface area contributed by atoms with Gasteiger partial charge in [-0.2, -0.15) is 0 Å². The summed E-state index contributed by atoms with van der Waals surface area (Å²) in [6, 6.07) is 40.1. The van der Waals surface area contributed by atoms with Crippen molar-refractivity contribution in [2.24, 2.45) is 0 Å². The van der Waals surface area contributed by atoms with Crippen molar-refractivity contribution >= 4 is 21.8 Å². The van der Waals surface area contributed by atoms with E-state index in [4.69, 9.17) is 14.2 Å².